The van der Waals surface area contributed by atoms with E-state index in [-0.39, 0.29) is 5.78 Å². The SMILES string of the molecule is CC1=CC(=O)C=CC1C. The maximum absolute atomic E-state index is 10.7. The summed E-state index contributed by atoms with van der Waals surface area (Å²) in [5, 5.41) is 0. The molecule has 0 amide bonds. The van der Waals surface area contributed by atoms with Crippen molar-refractivity contribution >= 4 is 5.78 Å². The van der Waals surface area contributed by atoms with E-state index in [1.807, 2.05) is 13.0 Å². The van der Waals surface area contributed by atoms with Crippen LogP contribution in [0, 0.1) is 5.92 Å². The Morgan fingerprint density at radius 2 is 2.22 bits per heavy atom. The van der Waals surface area contributed by atoms with Crippen molar-refractivity contribution in [3.8, 4) is 0 Å². The lowest BCUT2D eigenvalue weighted by molar-refractivity contribution is -0.110. The molecule has 0 heterocycles. The van der Waals surface area contributed by atoms with Gasteiger partial charge >= 0.3 is 0 Å². The maximum Gasteiger partial charge on any atom is 0.178 e. The zero-order valence-corrected chi connectivity index (χ0v) is 5.72. The first-order chi connectivity index (χ1) is 4.20. The lowest BCUT2D eigenvalue weighted by atomic mass is 9.96. The second-order valence-electron chi connectivity index (χ2n) is 2.44. The summed E-state index contributed by atoms with van der Waals surface area (Å²) in [5.41, 5.74) is 1.16. The molecule has 1 rings (SSSR count). The molecule has 1 atom stereocenters. The van der Waals surface area contributed by atoms with Crippen molar-refractivity contribution in [1.82, 2.24) is 0 Å². The first-order valence-corrected chi connectivity index (χ1v) is 3.10. The highest BCUT2D eigenvalue weighted by Crippen LogP contribution is 2.14. The average molecular weight is 122 g/mol. The molecule has 0 saturated carbocycles. The number of allylic oxidation sites excluding steroid dienone is 4. The van der Waals surface area contributed by atoms with Gasteiger partial charge in [0.05, 0.1) is 0 Å². The smallest absolute Gasteiger partial charge is 0.178 e. The Bertz CT molecular complexity index is 187. The summed E-state index contributed by atoms with van der Waals surface area (Å²) in [5.74, 6) is 0.563. The van der Waals surface area contributed by atoms with E-state index in [1.165, 1.54) is 0 Å². The van der Waals surface area contributed by atoms with Gasteiger partial charge in [-0.1, -0.05) is 18.6 Å². The van der Waals surface area contributed by atoms with E-state index in [4.69, 9.17) is 0 Å². The van der Waals surface area contributed by atoms with Crippen LogP contribution in [-0.4, -0.2) is 5.78 Å². The molecule has 0 aromatic heterocycles. The van der Waals surface area contributed by atoms with E-state index in [2.05, 4.69) is 6.92 Å². The Balaban J connectivity index is 2.82. The zero-order valence-electron chi connectivity index (χ0n) is 5.72. The molecule has 1 heteroatoms. The highest BCUT2D eigenvalue weighted by Gasteiger charge is 2.06. The van der Waals surface area contributed by atoms with Gasteiger partial charge < -0.3 is 0 Å². The summed E-state index contributed by atoms with van der Waals surface area (Å²) >= 11 is 0. The van der Waals surface area contributed by atoms with E-state index in [0.29, 0.717) is 5.92 Å². The topological polar surface area (TPSA) is 17.1 Å². The van der Waals surface area contributed by atoms with Crippen molar-refractivity contribution in [2.24, 2.45) is 5.92 Å². The highest BCUT2D eigenvalue weighted by atomic mass is 16.1. The Kier molecular flexibility index (Phi) is 1.52. The van der Waals surface area contributed by atoms with Crippen molar-refractivity contribution in [1.29, 1.82) is 0 Å². The van der Waals surface area contributed by atoms with Crippen LogP contribution >= 0.6 is 0 Å². The molecule has 1 aliphatic rings. The Labute approximate surface area is 55.1 Å². The predicted molar refractivity (Wildman–Crippen MR) is 37.1 cm³/mol. The Morgan fingerprint density at radius 1 is 1.56 bits per heavy atom. The maximum atomic E-state index is 10.7. The van der Waals surface area contributed by atoms with Gasteiger partial charge in [0.15, 0.2) is 5.78 Å². The molecule has 0 aliphatic heterocycles. The number of rotatable bonds is 0. The number of carbonyl (C=O) groups excluding carboxylic acids is 1. The van der Waals surface area contributed by atoms with Crippen LogP contribution in [-0.2, 0) is 4.79 Å². The third-order valence-electron chi connectivity index (χ3n) is 1.64. The number of hydrogen-bond acceptors (Lipinski definition) is 1. The number of carbonyl (C=O) groups is 1. The molecule has 0 fully saturated rings. The third-order valence-corrected chi connectivity index (χ3v) is 1.64. The second-order valence-corrected chi connectivity index (χ2v) is 2.44. The van der Waals surface area contributed by atoms with Crippen molar-refractivity contribution in [3.05, 3.63) is 23.8 Å². The Morgan fingerprint density at radius 3 is 2.67 bits per heavy atom. The van der Waals surface area contributed by atoms with Gasteiger partial charge in [-0.15, -0.1) is 0 Å². The first-order valence-electron chi connectivity index (χ1n) is 3.10. The predicted octanol–water partition coefficient (Wildman–Crippen LogP) is 1.71. The monoisotopic (exact) mass is 122 g/mol. The molecule has 0 spiro atoms. The number of hydrogen-bond donors (Lipinski definition) is 0. The molecular weight excluding hydrogens is 112 g/mol. The van der Waals surface area contributed by atoms with E-state index < -0.39 is 0 Å². The molecule has 0 saturated heterocycles. The van der Waals surface area contributed by atoms with Gasteiger partial charge in [0.25, 0.3) is 0 Å². The highest BCUT2D eigenvalue weighted by molar-refractivity contribution is 6.00. The lowest BCUT2D eigenvalue weighted by Gasteiger charge is -2.08. The lowest BCUT2D eigenvalue weighted by Crippen LogP contribution is -2.01. The van der Waals surface area contributed by atoms with Crippen LogP contribution in [0.2, 0.25) is 0 Å². The van der Waals surface area contributed by atoms with E-state index in [0.717, 1.165) is 5.57 Å². The third kappa shape index (κ3) is 1.28. The zero-order chi connectivity index (χ0) is 6.85. The first kappa shape index (κ1) is 6.27. The summed E-state index contributed by atoms with van der Waals surface area (Å²) in [6.45, 7) is 4.06. The minimum atomic E-state index is 0.116. The van der Waals surface area contributed by atoms with Gasteiger partial charge in [-0.05, 0) is 25.0 Å². The molecule has 48 valence electrons. The molecule has 0 aromatic carbocycles. The van der Waals surface area contributed by atoms with Crippen molar-refractivity contribution in [2.45, 2.75) is 13.8 Å². The largest absolute Gasteiger partial charge is 0.290 e. The molecule has 1 aliphatic carbocycles. The van der Waals surface area contributed by atoms with Crippen molar-refractivity contribution < 1.29 is 4.79 Å². The van der Waals surface area contributed by atoms with Crippen molar-refractivity contribution in [3.63, 3.8) is 0 Å². The minimum Gasteiger partial charge on any atom is -0.290 e. The summed E-state index contributed by atoms with van der Waals surface area (Å²) in [7, 11) is 0. The number of ketones is 1. The molecule has 1 unspecified atom stereocenters. The molecule has 9 heavy (non-hydrogen) atoms. The van der Waals surface area contributed by atoms with Gasteiger partial charge in [0, 0.05) is 0 Å². The van der Waals surface area contributed by atoms with Crippen molar-refractivity contribution in [2.75, 3.05) is 0 Å². The summed E-state index contributed by atoms with van der Waals surface area (Å²) in [4.78, 5) is 10.7. The van der Waals surface area contributed by atoms with Gasteiger partial charge in [-0.3, -0.25) is 4.79 Å². The van der Waals surface area contributed by atoms with Crippen LogP contribution in [0.3, 0.4) is 0 Å². The summed E-state index contributed by atoms with van der Waals surface area (Å²) < 4.78 is 0. The second kappa shape index (κ2) is 2.18. The van der Waals surface area contributed by atoms with Gasteiger partial charge in [0.1, 0.15) is 0 Å². The Hall–Kier alpha value is -0.850. The fourth-order valence-electron chi connectivity index (χ4n) is 0.795. The quantitative estimate of drug-likeness (QED) is 0.478. The summed E-state index contributed by atoms with van der Waals surface area (Å²) in [6.07, 6.45) is 5.24. The summed E-state index contributed by atoms with van der Waals surface area (Å²) in [6, 6.07) is 0. The fraction of sp³-hybridized carbons (Fsp3) is 0.375. The van der Waals surface area contributed by atoms with Crippen LogP contribution in [0.15, 0.2) is 23.8 Å². The normalized spacial score (nSPS) is 26.2. The van der Waals surface area contributed by atoms with Crippen LogP contribution < -0.4 is 0 Å². The molecule has 0 N–H and O–H groups in total. The molecule has 0 bridgehead atoms. The molecule has 1 nitrogen and oxygen atoms in total. The van der Waals surface area contributed by atoms with Gasteiger partial charge in [0.2, 0.25) is 0 Å². The van der Waals surface area contributed by atoms with E-state index >= 15 is 0 Å². The van der Waals surface area contributed by atoms with Crippen LogP contribution in [0.1, 0.15) is 13.8 Å². The van der Waals surface area contributed by atoms with Gasteiger partial charge in [-0.2, -0.15) is 0 Å². The van der Waals surface area contributed by atoms with Crippen LogP contribution in [0.25, 0.3) is 0 Å². The van der Waals surface area contributed by atoms with Crippen LogP contribution in [0.4, 0.5) is 0 Å². The molecule has 0 radical (unpaired) electrons. The van der Waals surface area contributed by atoms with Crippen LogP contribution in [0.5, 0.6) is 0 Å². The minimum absolute atomic E-state index is 0.116. The standard InChI is InChI=1S/C8H10O/c1-6-3-4-8(9)5-7(6)2/h3-6H,1-2H3. The van der Waals surface area contributed by atoms with E-state index in [1.54, 1.807) is 12.2 Å². The fourth-order valence-corrected chi connectivity index (χ4v) is 0.795. The van der Waals surface area contributed by atoms with Gasteiger partial charge in [-0.25, -0.2) is 0 Å². The average Bonchev–Trinajstić information content (AvgIpc) is 1.80. The van der Waals surface area contributed by atoms with E-state index in [9.17, 15) is 4.79 Å². The molecule has 0 aromatic rings. The molecular formula is C8H10O.